The molecular formula is C20H23N3O4. The molecule has 1 unspecified atom stereocenters. The zero-order valence-electron chi connectivity index (χ0n) is 15.3. The van der Waals surface area contributed by atoms with Crippen LogP contribution in [0.15, 0.2) is 48.5 Å². The van der Waals surface area contributed by atoms with E-state index < -0.39 is 17.9 Å². The van der Waals surface area contributed by atoms with Gasteiger partial charge in [0.15, 0.2) is 0 Å². The molecule has 2 aromatic carbocycles. The van der Waals surface area contributed by atoms with E-state index in [0.717, 1.165) is 5.56 Å². The van der Waals surface area contributed by atoms with Crippen molar-refractivity contribution in [3.63, 3.8) is 0 Å². The molecule has 2 amide bonds. The van der Waals surface area contributed by atoms with Gasteiger partial charge in [0.05, 0.1) is 13.0 Å². The summed E-state index contributed by atoms with van der Waals surface area (Å²) in [5.74, 6) is -1.05. The van der Waals surface area contributed by atoms with Crippen molar-refractivity contribution in [1.82, 2.24) is 5.32 Å². The van der Waals surface area contributed by atoms with Crippen molar-refractivity contribution >= 4 is 29.2 Å². The standard InChI is InChI=1S/C20H23N3O4/c1-3-27-20(26)13(2)22-19(25)15-6-10-17(11-7-15)23-18(24)12-14-4-8-16(21)9-5-14/h4-11,13H,3,12,21H2,1-2H3,(H,22,25)(H,23,24). The van der Waals surface area contributed by atoms with E-state index in [1.807, 2.05) is 0 Å². The lowest BCUT2D eigenvalue weighted by atomic mass is 10.1. The van der Waals surface area contributed by atoms with Gasteiger partial charge >= 0.3 is 5.97 Å². The van der Waals surface area contributed by atoms with E-state index >= 15 is 0 Å². The fraction of sp³-hybridized carbons (Fsp3) is 0.250. The van der Waals surface area contributed by atoms with E-state index in [0.29, 0.717) is 16.9 Å². The maximum atomic E-state index is 12.1. The van der Waals surface area contributed by atoms with Gasteiger partial charge in [0.2, 0.25) is 5.91 Å². The third-order valence-corrected chi connectivity index (χ3v) is 3.76. The Morgan fingerprint density at radius 2 is 1.67 bits per heavy atom. The number of hydrogen-bond donors (Lipinski definition) is 3. The van der Waals surface area contributed by atoms with Crippen molar-refractivity contribution in [3.05, 3.63) is 59.7 Å². The van der Waals surface area contributed by atoms with Crippen LogP contribution >= 0.6 is 0 Å². The molecule has 0 saturated carbocycles. The summed E-state index contributed by atoms with van der Waals surface area (Å²) in [7, 11) is 0. The fourth-order valence-corrected chi connectivity index (χ4v) is 2.34. The van der Waals surface area contributed by atoms with Crippen molar-refractivity contribution in [2.24, 2.45) is 0 Å². The lowest BCUT2D eigenvalue weighted by molar-refractivity contribution is -0.144. The normalized spacial score (nSPS) is 11.3. The Bertz CT molecular complexity index is 801. The van der Waals surface area contributed by atoms with E-state index in [1.54, 1.807) is 62.4 Å². The molecule has 7 heteroatoms. The number of nitrogens with two attached hydrogens (primary N) is 1. The van der Waals surface area contributed by atoms with Gasteiger partial charge in [-0.2, -0.15) is 0 Å². The Balaban J connectivity index is 1.90. The van der Waals surface area contributed by atoms with Gasteiger partial charge < -0.3 is 21.1 Å². The molecule has 27 heavy (non-hydrogen) atoms. The van der Waals surface area contributed by atoms with Crippen LogP contribution in [-0.4, -0.2) is 30.4 Å². The Kier molecular flexibility index (Phi) is 6.93. The second-order valence-corrected chi connectivity index (χ2v) is 5.99. The van der Waals surface area contributed by atoms with Gasteiger partial charge in [0, 0.05) is 16.9 Å². The van der Waals surface area contributed by atoms with Crippen molar-refractivity contribution in [1.29, 1.82) is 0 Å². The summed E-state index contributed by atoms with van der Waals surface area (Å²) in [4.78, 5) is 35.8. The molecule has 0 aliphatic heterocycles. The Morgan fingerprint density at radius 1 is 1.04 bits per heavy atom. The van der Waals surface area contributed by atoms with E-state index in [2.05, 4.69) is 10.6 Å². The van der Waals surface area contributed by atoms with Gasteiger partial charge in [-0.1, -0.05) is 12.1 Å². The molecule has 1 atom stereocenters. The molecule has 142 valence electrons. The third-order valence-electron chi connectivity index (χ3n) is 3.76. The Morgan fingerprint density at radius 3 is 2.26 bits per heavy atom. The van der Waals surface area contributed by atoms with Crippen LogP contribution < -0.4 is 16.4 Å². The molecule has 0 radical (unpaired) electrons. The van der Waals surface area contributed by atoms with Gasteiger partial charge in [-0.05, 0) is 55.8 Å². The minimum absolute atomic E-state index is 0.173. The van der Waals surface area contributed by atoms with Gasteiger partial charge in [-0.25, -0.2) is 4.79 Å². The van der Waals surface area contributed by atoms with Crippen LogP contribution in [0.25, 0.3) is 0 Å². The fourth-order valence-electron chi connectivity index (χ4n) is 2.34. The highest BCUT2D eigenvalue weighted by Crippen LogP contribution is 2.12. The molecule has 7 nitrogen and oxygen atoms in total. The number of nitrogens with one attached hydrogen (secondary N) is 2. The van der Waals surface area contributed by atoms with Gasteiger partial charge in [0.1, 0.15) is 6.04 Å². The molecular weight excluding hydrogens is 346 g/mol. The molecule has 0 fully saturated rings. The number of anilines is 2. The number of benzene rings is 2. The number of esters is 1. The molecule has 4 N–H and O–H groups in total. The first-order valence-electron chi connectivity index (χ1n) is 8.61. The first-order valence-corrected chi connectivity index (χ1v) is 8.61. The summed E-state index contributed by atoms with van der Waals surface area (Å²) in [5.41, 5.74) is 8.07. The number of carbonyl (C=O) groups is 3. The summed E-state index contributed by atoms with van der Waals surface area (Å²) >= 11 is 0. The number of amides is 2. The minimum Gasteiger partial charge on any atom is -0.464 e. The van der Waals surface area contributed by atoms with Crippen LogP contribution in [0.5, 0.6) is 0 Å². The van der Waals surface area contributed by atoms with Gasteiger partial charge in [-0.15, -0.1) is 0 Å². The molecule has 0 aliphatic rings. The summed E-state index contributed by atoms with van der Waals surface area (Å²) in [6.07, 6.45) is 0.222. The molecule has 0 saturated heterocycles. The highest BCUT2D eigenvalue weighted by Gasteiger charge is 2.17. The van der Waals surface area contributed by atoms with Crippen molar-refractivity contribution in [2.45, 2.75) is 26.3 Å². The number of ether oxygens (including phenoxy) is 1. The molecule has 0 bridgehead atoms. The van der Waals surface area contributed by atoms with Crippen LogP contribution in [0.1, 0.15) is 29.8 Å². The highest BCUT2D eigenvalue weighted by atomic mass is 16.5. The smallest absolute Gasteiger partial charge is 0.328 e. The van der Waals surface area contributed by atoms with Crippen LogP contribution in [0.2, 0.25) is 0 Å². The molecule has 0 aromatic heterocycles. The maximum Gasteiger partial charge on any atom is 0.328 e. The van der Waals surface area contributed by atoms with Crippen LogP contribution in [-0.2, 0) is 20.7 Å². The zero-order chi connectivity index (χ0) is 19.8. The van der Waals surface area contributed by atoms with Gasteiger partial charge in [0.25, 0.3) is 5.91 Å². The maximum absolute atomic E-state index is 12.1. The minimum atomic E-state index is -0.739. The SMILES string of the molecule is CCOC(=O)C(C)NC(=O)c1ccc(NC(=O)Cc2ccc(N)cc2)cc1. The van der Waals surface area contributed by atoms with E-state index in [-0.39, 0.29) is 18.9 Å². The van der Waals surface area contributed by atoms with E-state index in [1.165, 1.54) is 0 Å². The molecule has 2 rings (SSSR count). The predicted octanol–water partition coefficient (Wildman–Crippen LogP) is 2.13. The highest BCUT2D eigenvalue weighted by molar-refractivity contribution is 5.98. The van der Waals surface area contributed by atoms with Crippen LogP contribution in [0, 0.1) is 0 Å². The predicted molar refractivity (Wildman–Crippen MR) is 103 cm³/mol. The second-order valence-electron chi connectivity index (χ2n) is 5.99. The summed E-state index contributed by atoms with van der Waals surface area (Å²) in [5, 5.41) is 5.34. The lowest BCUT2D eigenvalue weighted by Crippen LogP contribution is -2.39. The second kappa shape index (κ2) is 9.38. The van der Waals surface area contributed by atoms with E-state index in [4.69, 9.17) is 10.5 Å². The average Bonchev–Trinajstić information content (AvgIpc) is 2.64. The molecule has 2 aromatic rings. The Labute approximate surface area is 157 Å². The largest absolute Gasteiger partial charge is 0.464 e. The van der Waals surface area contributed by atoms with Crippen molar-refractivity contribution in [2.75, 3.05) is 17.7 Å². The number of rotatable bonds is 7. The Hall–Kier alpha value is -3.35. The molecule has 0 heterocycles. The summed E-state index contributed by atoms with van der Waals surface area (Å²) in [6, 6.07) is 12.8. The zero-order valence-corrected chi connectivity index (χ0v) is 15.3. The summed E-state index contributed by atoms with van der Waals surface area (Å²) in [6.45, 7) is 3.51. The van der Waals surface area contributed by atoms with Crippen LogP contribution in [0.4, 0.5) is 11.4 Å². The van der Waals surface area contributed by atoms with Crippen molar-refractivity contribution < 1.29 is 19.1 Å². The van der Waals surface area contributed by atoms with Crippen molar-refractivity contribution in [3.8, 4) is 0 Å². The van der Waals surface area contributed by atoms with Crippen LogP contribution in [0.3, 0.4) is 0 Å². The number of nitrogen functional groups attached to an aromatic ring is 1. The monoisotopic (exact) mass is 369 g/mol. The van der Waals surface area contributed by atoms with E-state index in [9.17, 15) is 14.4 Å². The third kappa shape index (κ3) is 6.14. The topological polar surface area (TPSA) is 111 Å². The van der Waals surface area contributed by atoms with Gasteiger partial charge in [-0.3, -0.25) is 9.59 Å². The molecule has 0 spiro atoms. The number of carbonyl (C=O) groups excluding carboxylic acids is 3. The first-order chi connectivity index (χ1) is 12.9. The summed E-state index contributed by atoms with van der Waals surface area (Å²) < 4.78 is 4.85. The number of hydrogen-bond acceptors (Lipinski definition) is 5. The lowest BCUT2D eigenvalue weighted by Gasteiger charge is -2.13. The average molecular weight is 369 g/mol. The quantitative estimate of drug-likeness (QED) is 0.511. The first kappa shape index (κ1) is 20.0. The molecule has 0 aliphatic carbocycles.